The van der Waals surface area contributed by atoms with Gasteiger partial charge < -0.3 is 10.2 Å². The van der Waals surface area contributed by atoms with Gasteiger partial charge in [0.2, 0.25) is 0 Å². The Morgan fingerprint density at radius 1 is 1.56 bits per heavy atom. The fourth-order valence-corrected chi connectivity index (χ4v) is 1.62. The Bertz CT molecular complexity index is 360. The topological polar surface area (TPSA) is 32.3 Å². The molecule has 0 fully saturated rings. The van der Waals surface area contributed by atoms with Gasteiger partial charge in [0, 0.05) is 29.6 Å². The summed E-state index contributed by atoms with van der Waals surface area (Å²) in [6, 6.07) is 6.98. The van der Waals surface area contributed by atoms with Crippen LogP contribution in [0.2, 0.25) is 5.02 Å². The highest BCUT2D eigenvalue weighted by Crippen LogP contribution is 2.15. The van der Waals surface area contributed by atoms with E-state index in [1.54, 1.807) is 30.1 Å². The Labute approximate surface area is 109 Å². The smallest absolute Gasteiger partial charge is 0.321 e. The second-order valence-electron chi connectivity index (χ2n) is 3.40. The van der Waals surface area contributed by atoms with Crippen LogP contribution in [-0.2, 0) is 0 Å². The Balaban J connectivity index is 2.50. The maximum absolute atomic E-state index is 11.7. The van der Waals surface area contributed by atoms with Crippen LogP contribution in [0.3, 0.4) is 0 Å². The zero-order valence-electron chi connectivity index (χ0n) is 9.04. The third-order valence-electron chi connectivity index (χ3n) is 2.05. The molecule has 0 saturated heterocycles. The Morgan fingerprint density at radius 2 is 2.31 bits per heavy atom. The second-order valence-corrected chi connectivity index (χ2v) is 4.63. The van der Waals surface area contributed by atoms with Crippen molar-refractivity contribution < 1.29 is 4.79 Å². The molecule has 0 atom stereocenters. The molecule has 1 N–H and O–H groups in total. The quantitative estimate of drug-likeness (QED) is 0.847. The molecule has 88 valence electrons. The highest BCUT2D eigenvalue weighted by atomic mass is 79.9. The minimum atomic E-state index is -0.122. The first-order chi connectivity index (χ1) is 7.63. The number of alkyl halides is 1. The van der Waals surface area contributed by atoms with Crippen molar-refractivity contribution in [1.29, 1.82) is 0 Å². The molecule has 1 aromatic rings. The van der Waals surface area contributed by atoms with Crippen molar-refractivity contribution in [2.75, 3.05) is 24.2 Å². The Kier molecular flexibility index (Phi) is 5.63. The average Bonchev–Trinajstić information content (AvgIpc) is 2.25. The first kappa shape index (κ1) is 13.3. The molecule has 0 saturated carbocycles. The fraction of sp³-hybridized carbons (Fsp3) is 0.364. The standard InChI is InChI=1S/C11H14BrClN2O/c1-15(7-3-6-12)11(16)14-10-5-2-4-9(13)8-10/h2,4-5,8H,3,6-7H2,1H3,(H,14,16). The molecule has 2 amide bonds. The Morgan fingerprint density at radius 3 is 2.94 bits per heavy atom. The summed E-state index contributed by atoms with van der Waals surface area (Å²) in [5, 5.41) is 4.28. The summed E-state index contributed by atoms with van der Waals surface area (Å²) in [7, 11) is 1.77. The number of hydrogen-bond acceptors (Lipinski definition) is 1. The molecular weight excluding hydrogens is 291 g/mol. The molecule has 0 aliphatic carbocycles. The van der Waals surface area contributed by atoms with Crippen LogP contribution in [0, 0.1) is 0 Å². The number of amides is 2. The number of nitrogens with one attached hydrogen (secondary N) is 1. The minimum Gasteiger partial charge on any atom is -0.328 e. The van der Waals surface area contributed by atoms with Crippen molar-refractivity contribution >= 4 is 39.2 Å². The van der Waals surface area contributed by atoms with Crippen LogP contribution < -0.4 is 5.32 Å². The molecule has 0 aromatic heterocycles. The van der Waals surface area contributed by atoms with Crippen LogP contribution in [0.4, 0.5) is 10.5 Å². The predicted octanol–water partition coefficient (Wildman–Crippen LogP) is 3.59. The Hall–Kier alpha value is -0.740. The molecule has 0 bridgehead atoms. The number of carbonyl (C=O) groups excluding carboxylic acids is 1. The van der Waals surface area contributed by atoms with Crippen LogP contribution in [0.25, 0.3) is 0 Å². The van der Waals surface area contributed by atoms with Gasteiger partial charge in [0.25, 0.3) is 0 Å². The van der Waals surface area contributed by atoms with Crippen LogP contribution in [-0.4, -0.2) is 29.9 Å². The maximum atomic E-state index is 11.7. The van der Waals surface area contributed by atoms with Gasteiger partial charge in [0.05, 0.1) is 0 Å². The molecule has 0 aliphatic heterocycles. The number of halogens is 2. The van der Waals surface area contributed by atoms with E-state index < -0.39 is 0 Å². The zero-order valence-corrected chi connectivity index (χ0v) is 11.4. The normalized spacial score (nSPS) is 9.94. The second kappa shape index (κ2) is 6.76. The number of nitrogens with zero attached hydrogens (tertiary/aromatic N) is 1. The van der Waals surface area contributed by atoms with Crippen LogP contribution in [0.5, 0.6) is 0 Å². The number of carbonyl (C=O) groups is 1. The van der Waals surface area contributed by atoms with Crippen molar-refractivity contribution in [1.82, 2.24) is 4.90 Å². The van der Waals surface area contributed by atoms with Gasteiger partial charge >= 0.3 is 6.03 Å². The molecule has 1 rings (SSSR count). The lowest BCUT2D eigenvalue weighted by molar-refractivity contribution is 0.222. The third-order valence-corrected chi connectivity index (χ3v) is 2.85. The molecule has 5 heteroatoms. The van der Waals surface area contributed by atoms with E-state index in [1.165, 1.54) is 0 Å². The molecule has 0 radical (unpaired) electrons. The number of hydrogen-bond donors (Lipinski definition) is 1. The monoisotopic (exact) mass is 304 g/mol. The number of rotatable bonds is 4. The SMILES string of the molecule is CN(CCCBr)C(=O)Nc1cccc(Cl)c1. The first-order valence-corrected chi connectivity index (χ1v) is 6.47. The van der Waals surface area contributed by atoms with E-state index in [2.05, 4.69) is 21.2 Å². The lowest BCUT2D eigenvalue weighted by Crippen LogP contribution is -2.32. The van der Waals surface area contributed by atoms with E-state index in [0.717, 1.165) is 18.3 Å². The fourth-order valence-electron chi connectivity index (χ4n) is 1.18. The molecule has 16 heavy (non-hydrogen) atoms. The van der Waals surface area contributed by atoms with Crippen LogP contribution >= 0.6 is 27.5 Å². The van der Waals surface area contributed by atoms with Gasteiger partial charge in [-0.3, -0.25) is 0 Å². The molecule has 3 nitrogen and oxygen atoms in total. The molecule has 0 heterocycles. The minimum absolute atomic E-state index is 0.122. The summed E-state index contributed by atoms with van der Waals surface area (Å²) in [6.07, 6.45) is 0.930. The number of anilines is 1. The van der Waals surface area contributed by atoms with Crippen LogP contribution in [0.15, 0.2) is 24.3 Å². The molecule has 1 aromatic carbocycles. The number of urea groups is 1. The van der Waals surface area contributed by atoms with E-state index in [4.69, 9.17) is 11.6 Å². The number of benzene rings is 1. The van der Waals surface area contributed by atoms with Gasteiger partial charge in [-0.05, 0) is 24.6 Å². The molecule has 0 unspecified atom stereocenters. The van der Waals surface area contributed by atoms with E-state index in [9.17, 15) is 4.79 Å². The maximum Gasteiger partial charge on any atom is 0.321 e. The summed E-state index contributed by atoms with van der Waals surface area (Å²) in [5.74, 6) is 0. The summed E-state index contributed by atoms with van der Waals surface area (Å²) >= 11 is 9.15. The van der Waals surface area contributed by atoms with Gasteiger partial charge in [-0.1, -0.05) is 33.6 Å². The van der Waals surface area contributed by atoms with E-state index in [1.807, 2.05) is 6.07 Å². The van der Waals surface area contributed by atoms with Crippen molar-refractivity contribution in [2.45, 2.75) is 6.42 Å². The van der Waals surface area contributed by atoms with Gasteiger partial charge in [0.15, 0.2) is 0 Å². The molecule has 0 aliphatic rings. The first-order valence-electron chi connectivity index (χ1n) is 4.97. The summed E-state index contributed by atoms with van der Waals surface area (Å²) < 4.78 is 0. The average molecular weight is 306 g/mol. The highest BCUT2D eigenvalue weighted by Gasteiger charge is 2.07. The van der Waals surface area contributed by atoms with E-state index in [0.29, 0.717) is 10.7 Å². The lowest BCUT2D eigenvalue weighted by atomic mass is 10.3. The predicted molar refractivity (Wildman–Crippen MR) is 71.5 cm³/mol. The largest absolute Gasteiger partial charge is 0.328 e. The van der Waals surface area contributed by atoms with E-state index in [-0.39, 0.29) is 6.03 Å². The zero-order chi connectivity index (χ0) is 12.0. The van der Waals surface area contributed by atoms with Gasteiger partial charge in [-0.25, -0.2) is 4.79 Å². The summed E-state index contributed by atoms with van der Waals surface area (Å²) in [4.78, 5) is 13.3. The van der Waals surface area contributed by atoms with Crippen molar-refractivity contribution in [3.05, 3.63) is 29.3 Å². The summed E-state index contributed by atoms with van der Waals surface area (Å²) in [6.45, 7) is 0.720. The van der Waals surface area contributed by atoms with Crippen molar-refractivity contribution in [3.63, 3.8) is 0 Å². The lowest BCUT2D eigenvalue weighted by Gasteiger charge is -2.17. The summed E-state index contributed by atoms with van der Waals surface area (Å²) in [5.41, 5.74) is 0.711. The highest BCUT2D eigenvalue weighted by molar-refractivity contribution is 9.09. The van der Waals surface area contributed by atoms with E-state index >= 15 is 0 Å². The molecular formula is C11H14BrClN2O. The molecule has 0 spiro atoms. The van der Waals surface area contributed by atoms with Crippen LogP contribution in [0.1, 0.15) is 6.42 Å². The third kappa shape index (κ3) is 4.41. The van der Waals surface area contributed by atoms with Gasteiger partial charge in [-0.15, -0.1) is 0 Å². The van der Waals surface area contributed by atoms with Gasteiger partial charge in [0.1, 0.15) is 0 Å². The van der Waals surface area contributed by atoms with Crippen molar-refractivity contribution in [3.8, 4) is 0 Å². The van der Waals surface area contributed by atoms with Gasteiger partial charge in [-0.2, -0.15) is 0 Å². The van der Waals surface area contributed by atoms with Crippen molar-refractivity contribution in [2.24, 2.45) is 0 Å².